The Kier molecular flexibility index (Phi) is 4.30. The molecule has 0 radical (unpaired) electrons. The summed E-state index contributed by atoms with van der Waals surface area (Å²) < 4.78 is 0. The minimum atomic E-state index is 0.175. The molecule has 2 amide bonds. The Morgan fingerprint density at radius 1 is 1.10 bits per heavy atom. The molecule has 1 aromatic carbocycles. The van der Waals surface area contributed by atoms with Crippen molar-refractivity contribution in [3.63, 3.8) is 0 Å². The highest BCUT2D eigenvalue weighted by atomic mass is 16.2. The van der Waals surface area contributed by atoms with Crippen LogP contribution in [0.3, 0.4) is 0 Å². The molecule has 6 nitrogen and oxygen atoms in total. The third-order valence-electron chi connectivity index (χ3n) is 6.54. The predicted molar refractivity (Wildman–Crippen MR) is 113 cm³/mol. The van der Waals surface area contributed by atoms with E-state index in [1.165, 1.54) is 5.56 Å². The molecule has 2 unspecified atom stereocenters. The average Bonchev–Trinajstić information content (AvgIpc) is 3.56. The van der Waals surface area contributed by atoms with E-state index in [2.05, 4.69) is 33.0 Å². The Hall–Kier alpha value is -2.89. The lowest BCUT2D eigenvalue weighted by atomic mass is 9.96. The fourth-order valence-electron chi connectivity index (χ4n) is 4.80. The lowest BCUT2D eigenvalue weighted by molar-refractivity contribution is -0.131. The van der Waals surface area contributed by atoms with Crippen molar-refractivity contribution >= 4 is 23.2 Å². The largest absolute Gasteiger partial charge is 0.363 e. The molecular weight excluding hydrogens is 364 g/mol. The number of carbonyl (C=O) groups excluding carboxylic acids is 2. The highest BCUT2D eigenvalue weighted by Gasteiger charge is 2.50. The van der Waals surface area contributed by atoms with Gasteiger partial charge in [-0.15, -0.1) is 0 Å². The van der Waals surface area contributed by atoms with Gasteiger partial charge in [0.25, 0.3) is 0 Å². The van der Waals surface area contributed by atoms with Crippen LogP contribution in [0.5, 0.6) is 0 Å². The number of piperazine rings is 1. The molecule has 2 fully saturated rings. The first kappa shape index (κ1) is 18.2. The SMILES string of the molecule is CCC(=O)N1CCN(c2cncc(-c3ccc4c(c3)CCC(=O)N4C)c2)C2CC21. The van der Waals surface area contributed by atoms with Gasteiger partial charge in [-0.25, -0.2) is 0 Å². The van der Waals surface area contributed by atoms with E-state index in [0.717, 1.165) is 48.4 Å². The summed E-state index contributed by atoms with van der Waals surface area (Å²) in [4.78, 5) is 34.8. The van der Waals surface area contributed by atoms with Crippen LogP contribution in [0, 0.1) is 0 Å². The highest BCUT2D eigenvalue weighted by Crippen LogP contribution is 2.40. The minimum Gasteiger partial charge on any atom is -0.363 e. The maximum atomic E-state index is 12.1. The van der Waals surface area contributed by atoms with Gasteiger partial charge in [-0.3, -0.25) is 14.6 Å². The van der Waals surface area contributed by atoms with E-state index in [-0.39, 0.29) is 11.8 Å². The summed E-state index contributed by atoms with van der Waals surface area (Å²) in [5, 5.41) is 0. The molecule has 2 atom stereocenters. The zero-order valence-electron chi connectivity index (χ0n) is 17.0. The molecule has 3 heterocycles. The second kappa shape index (κ2) is 6.87. The first-order valence-electron chi connectivity index (χ1n) is 10.5. The van der Waals surface area contributed by atoms with Gasteiger partial charge in [0.05, 0.1) is 24.0 Å². The number of carbonyl (C=O) groups is 2. The summed E-state index contributed by atoms with van der Waals surface area (Å²) in [7, 11) is 1.84. The summed E-state index contributed by atoms with van der Waals surface area (Å²) in [5.74, 6) is 0.440. The predicted octanol–water partition coefficient (Wildman–Crippen LogP) is 2.86. The van der Waals surface area contributed by atoms with Gasteiger partial charge in [-0.1, -0.05) is 13.0 Å². The number of anilines is 2. The molecule has 0 N–H and O–H groups in total. The number of aromatic nitrogens is 1. The van der Waals surface area contributed by atoms with Crippen molar-refractivity contribution in [2.75, 3.05) is 29.9 Å². The molecule has 150 valence electrons. The van der Waals surface area contributed by atoms with E-state index in [0.29, 0.717) is 24.9 Å². The van der Waals surface area contributed by atoms with Gasteiger partial charge in [0.15, 0.2) is 0 Å². The van der Waals surface area contributed by atoms with Crippen molar-refractivity contribution in [1.29, 1.82) is 0 Å². The normalized spacial score (nSPS) is 23.0. The Labute approximate surface area is 171 Å². The first-order chi connectivity index (χ1) is 14.1. The van der Waals surface area contributed by atoms with E-state index in [4.69, 9.17) is 0 Å². The van der Waals surface area contributed by atoms with Crippen molar-refractivity contribution < 1.29 is 9.59 Å². The number of fused-ring (bicyclic) bond motifs is 2. The number of hydrogen-bond donors (Lipinski definition) is 0. The standard InChI is InChI=1S/C23H26N4O2/c1-3-22(28)27-9-8-26(20-12-21(20)27)18-11-17(13-24-14-18)15-4-6-19-16(10-15)5-7-23(29)25(19)2/h4,6,10-11,13-14,20-21H,3,5,7-9,12H2,1-2H3. The van der Waals surface area contributed by atoms with E-state index in [9.17, 15) is 9.59 Å². The molecule has 0 spiro atoms. The van der Waals surface area contributed by atoms with E-state index in [1.54, 1.807) is 4.90 Å². The average molecular weight is 390 g/mol. The fourth-order valence-corrected chi connectivity index (χ4v) is 4.80. The number of nitrogens with zero attached hydrogens (tertiary/aromatic N) is 4. The molecule has 1 saturated carbocycles. The molecule has 29 heavy (non-hydrogen) atoms. The Bertz CT molecular complexity index is 989. The minimum absolute atomic E-state index is 0.175. The van der Waals surface area contributed by atoms with Gasteiger partial charge in [0, 0.05) is 50.4 Å². The van der Waals surface area contributed by atoms with Crippen molar-refractivity contribution in [2.24, 2.45) is 0 Å². The summed E-state index contributed by atoms with van der Waals surface area (Å²) in [6.07, 6.45) is 6.82. The molecule has 1 aromatic heterocycles. The number of pyridine rings is 1. The van der Waals surface area contributed by atoms with Gasteiger partial charge in [0.2, 0.25) is 11.8 Å². The highest BCUT2D eigenvalue weighted by molar-refractivity contribution is 5.96. The van der Waals surface area contributed by atoms with Crippen LogP contribution in [0.4, 0.5) is 11.4 Å². The van der Waals surface area contributed by atoms with Crippen molar-refractivity contribution in [1.82, 2.24) is 9.88 Å². The monoisotopic (exact) mass is 390 g/mol. The molecule has 2 aliphatic heterocycles. The zero-order valence-corrected chi connectivity index (χ0v) is 17.0. The third-order valence-corrected chi connectivity index (χ3v) is 6.54. The molecule has 2 aromatic rings. The first-order valence-corrected chi connectivity index (χ1v) is 10.5. The molecule has 6 heteroatoms. The number of benzene rings is 1. The summed E-state index contributed by atoms with van der Waals surface area (Å²) >= 11 is 0. The van der Waals surface area contributed by atoms with Crippen LogP contribution in [0.15, 0.2) is 36.7 Å². The summed E-state index contributed by atoms with van der Waals surface area (Å²) in [6.45, 7) is 3.58. The number of hydrogen-bond acceptors (Lipinski definition) is 4. The molecule has 1 saturated heterocycles. The van der Waals surface area contributed by atoms with Crippen LogP contribution in [-0.2, 0) is 16.0 Å². The van der Waals surface area contributed by atoms with Crippen molar-refractivity contribution in [2.45, 2.75) is 44.7 Å². The smallest absolute Gasteiger partial charge is 0.227 e. The number of amides is 2. The van der Waals surface area contributed by atoms with E-state index in [1.807, 2.05) is 32.4 Å². The Morgan fingerprint density at radius 2 is 1.97 bits per heavy atom. The van der Waals surface area contributed by atoms with Crippen LogP contribution in [0.2, 0.25) is 0 Å². The third kappa shape index (κ3) is 3.07. The van der Waals surface area contributed by atoms with Gasteiger partial charge in [0.1, 0.15) is 0 Å². The Morgan fingerprint density at radius 3 is 2.79 bits per heavy atom. The molecule has 1 aliphatic carbocycles. The molecule has 5 rings (SSSR count). The summed E-state index contributed by atoms with van der Waals surface area (Å²) in [6, 6.07) is 9.29. The lowest BCUT2D eigenvalue weighted by Gasteiger charge is -2.35. The summed E-state index contributed by atoms with van der Waals surface area (Å²) in [5.41, 5.74) is 5.57. The van der Waals surface area contributed by atoms with E-state index >= 15 is 0 Å². The fraction of sp³-hybridized carbons (Fsp3) is 0.435. The quantitative estimate of drug-likeness (QED) is 0.809. The molecular formula is C23H26N4O2. The van der Waals surface area contributed by atoms with Gasteiger partial charge in [-0.2, -0.15) is 0 Å². The van der Waals surface area contributed by atoms with Crippen LogP contribution in [-0.4, -0.2) is 53.9 Å². The zero-order chi connectivity index (χ0) is 20.1. The number of aryl methyl sites for hydroxylation is 1. The van der Waals surface area contributed by atoms with Crippen molar-refractivity contribution in [3.8, 4) is 11.1 Å². The molecule has 3 aliphatic rings. The lowest BCUT2D eigenvalue weighted by Crippen LogP contribution is -2.48. The van der Waals surface area contributed by atoms with Crippen molar-refractivity contribution in [3.05, 3.63) is 42.2 Å². The van der Waals surface area contributed by atoms with Crippen LogP contribution >= 0.6 is 0 Å². The topological polar surface area (TPSA) is 56.8 Å². The van der Waals surface area contributed by atoms with Gasteiger partial charge >= 0.3 is 0 Å². The van der Waals surface area contributed by atoms with E-state index < -0.39 is 0 Å². The van der Waals surface area contributed by atoms with Crippen LogP contribution in [0.25, 0.3) is 11.1 Å². The van der Waals surface area contributed by atoms with Crippen LogP contribution in [0.1, 0.15) is 31.7 Å². The maximum Gasteiger partial charge on any atom is 0.227 e. The Balaban J connectivity index is 1.39. The second-order valence-corrected chi connectivity index (χ2v) is 8.23. The maximum absolute atomic E-state index is 12.1. The molecule has 0 bridgehead atoms. The van der Waals surface area contributed by atoms with Gasteiger partial charge < -0.3 is 14.7 Å². The number of rotatable bonds is 3. The second-order valence-electron chi connectivity index (χ2n) is 8.23. The van der Waals surface area contributed by atoms with Crippen LogP contribution < -0.4 is 9.80 Å². The van der Waals surface area contributed by atoms with Gasteiger partial charge in [-0.05, 0) is 42.2 Å².